The molecule has 1 aromatic rings. The molecule has 0 spiro atoms. The van der Waals surface area contributed by atoms with Gasteiger partial charge in [0, 0.05) is 6.20 Å². The minimum atomic E-state index is -0.814. The number of carbonyl (C=O) groups excluding carboxylic acids is 1. The molecule has 13 heavy (non-hydrogen) atoms. The zero-order valence-electron chi connectivity index (χ0n) is 7.19. The van der Waals surface area contributed by atoms with Gasteiger partial charge in [-0.15, -0.1) is 0 Å². The number of hydrogen-bond acceptors (Lipinski definition) is 4. The standard InChI is InChI=1S/C8H10N2O3/c1-12-7-6(3-2-4-10-7)5-13-8(9)11/h2-4H,5H2,1H3,(H2,9,11). The molecule has 0 radical (unpaired) electrons. The van der Waals surface area contributed by atoms with E-state index in [0.29, 0.717) is 11.4 Å². The lowest BCUT2D eigenvalue weighted by atomic mass is 10.3. The number of hydrogen-bond donors (Lipinski definition) is 1. The Morgan fingerprint density at radius 3 is 3.08 bits per heavy atom. The number of carbonyl (C=O) groups is 1. The maximum atomic E-state index is 10.3. The van der Waals surface area contributed by atoms with E-state index in [1.807, 2.05) is 0 Å². The molecule has 0 aliphatic heterocycles. The summed E-state index contributed by atoms with van der Waals surface area (Å²) in [5.74, 6) is 0.434. The van der Waals surface area contributed by atoms with E-state index in [4.69, 9.17) is 10.5 Å². The van der Waals surface area contributed by atoms with Gasteiger partial charge in [-0.3, -0.25) is 0 Å². The van der Waals surface area contributed by atoms with Gasteiger partial charge in [0.25, 0.3) is 0 Å². The minimum Gasteiger partial charge on any atom is -0.481 e. The maximum Gasteiger partial charge on any atom is 0.404 e. The summed E-state index contributed by atoms with van der Waals surface area (Å²) in [4.78, 5) is 14.2. The molecule has 0 aliphatic carbocycles. The second-order valence-corrected chi connectivity index (χ2v) is 2.28. The fourth-order valence-electron chi connectivity index (χ4n) is 0.867. The predicted octanol–water partition coefficient (Wildman–Crippen LogP) is 0.686. The van der Waals surface area contributed by atoms with E-state index in [1.165, 1.54) is 7.11 Å². The molecule has 0 atom stereocenters. The lowest BCUT2D eigenvalue weighted by molar-refractivity contribution is 0.149. The Bertz CT molecular complexity index is 301. The topological polar surface area (TPSA) is 74.4 Å². The van der Waals surface area contributed by atoms with Crippen LogP contribution in [0.25, 0.3) is 0 Å². The molecule has 1 amide bonds. The highest BCUT2D eigenvalue weighted by molar-refractivity contribution is 5.64. The van der Waals surface area contributed by atoms with E-state index < -0.39 is 6.09 Å². The van der Waals surface area contributed by atoms with Crippen molar-refractivity contribution in [3.63, 3.8) is 0 Å². The maximum absolute atomic E-state index is 10.3. The van der Waals surface area contributed by atoms with Crippen LogP contribution < -0.4 is 10.5 Å². The first-order chi connectivity index (χ1) is 6.24. The van der Waals surface area contributed by atoms with Crippen molar-refractivity contribution >= 4 is 6.09 Å². The number of pyridine rings is 1. The van der Waals surface area contributed by atoms with Crippen molar-refractivity contribution in [2.75, 3.05) is 7.11 Å². The number of amides is 1. The van der Waals surface area contributed by atoms with Crippen molar-refractivity contribution < 1.29 is 14.3 Å². The number of rotatable bonds is 3. The van der Waals surface area contributed by atoms with Crippen molar-refractivity contribution in [3.05, 3.63) is 23.9 Å². The van der Waals surface area contributed by atoms with Crippen LogP contribution in [0, 0.1) is 0 Å². The van der Waals surface area contributed by atoms with Crippen molar-refractivity contribution in [2.45, 2.75) is 6.61 Å². The Morgan fingerprint density at radius 1 is 1.69 bits per heavy atom. The van der Waals surface area contributed by atoms with E-state index in [9.17, 15) is 4.79 Å². The average molecular weight is 182 g/mol. The number of aromatic nitrogens is 1. The molecular formula is C8H10N2O3. The fraction of sp³-hybridized carbons (Fsp3) is 0.250. The van der Waals surface area contributed by atoms with Crippen LogP contribution in [0.1, 0.15) is 5.56 Å². The highest BCUT2D eigenvalue weighted by Crippen LogP contribution is 2.14. The Kier molecular flexibility index (Phi) is 3.08. The molecule has 0 aromatic carbocycles. The van der Waals surface area contributed by atoms with Gasteiger partial charge in [-0.2, -0.15) is 0 Å². The Hall–Kier alpha value is -1.78. The van der Waals surface area contributed by atoms with E-state index in [-0.39, 0.29) is 6.61 Å². The third-order valence-electron chi connectivity index (χ3n) is 1.41. The van der Waals surface area contributed by atoms with Crippen molar-refractivity contribution in [1.29, 1.82) is 0 Å². The molecule has 5 heteroatoms. The van der Waals surface area contributed by atoms with Crippen molar-refractivity contribution in [1.82, 2.24) is 4.98 Å². The number of methoxy groups -OCH3 is 1. The summed E-state index contributed by atoms with van der Waals surface area (Å²) in [6.07, 6.45) is 0.776. The van der Waals surface area contributed by atoms with Gasteiger partial charge in [0.05, 0.1) is 12.7 Å². The summed E-state index contributed by atoms with van der Waals surface area (Å²) in [5, 5.41) is 0. The summed E-state index contributed by atoms with van der Waals surface area (Å²) in [6.45, 7) is 0.0757. The second kappa shape index (κ2) is 4.30. The van der Waals surface area contributed by atoms with Crippen LogP contribution >= 0.6 is 0 Å². The molecule has 0 bridgehead atoms. The molecule has 2 N–H and O–H groups in total. The van der Waals surface area contributed by atoms with Gasteiger partial charge in [0.2, 0.25) is 5.88 Å². The first-order valence-electron chi connectivity index (χ1n) is 3.64. The molecule has 0 saturated heterocycles. The number of nitrogens with zero attached hydrogens (tertiary/aromatic N) is 1. The summed E-state index contributed by atoms with van der Waals surface area (Å²) in [7, 11) is 1.50. The number of nitrogens with two attached hydrogens (primary N) is 1. The van der Waals surface area contributed by atoms with E-state index in [1.54, 1.807) is 18.3 Å². The summed E-state index contributed by atoms with van der Waals surface area (Å²) < 4.78 is 9.52. The smallest absolute Gasteiger partial charge is 0.404 e. The zero-order chi connectivity index (χ0) is 9.68. The van der Waals surface area contributed by atoms with E-state index >= 15 is 0 Å². The highest BCUT2D eigenvalue weighted by atomic mass is 16.5. The van der Waals surface area contributed by atoms with Crippen LogP contribution in [0.2, 0.25) is 0 Å². The normalized spacial score (nSPS) is 9.31. The third-order valence-corrected chi connectivity index (χ3v) is 1.41. The third kappa shape index (κ3) is 2.62. The Morgan fingerprint density at radius 2 is 2.46 bits per heavy atom. The Balaban J connectivity index is 2.69. The molecule has 0 unspecified atom stereocenters. The first kappa shape index (κ1) is 9.31. The van der Waals surface area contributed by atoms with Gasteiger partial charge in [-0.1, -0.05) is 0 Å². The fourth-order valence-corrected chi connectivity index (χ4v) is 0.867. The largest absolute Gasteiger partial charge is 0.481 e. The van der Waals surface area contributed by atoms with Crippen LogP contribution in [-0.2, 0) is 11.3 Å². The molecule has 5 nitrogen and oxygen atoms in total. The van der Waals surface area contributed by atoms with Gasteiger partial charge in [0.15, 0.2) is 0 Å². The lowest BCUT2D eigenvalue weighted by Gasteiger charge is -2.05. The van der Waals surface area contributed by atoms with Crippen LogP contribution in [-0.4, -0.2) is 18.2 Å². The summed E-state index contributed by atoms with van der Waals surface area (Å²) in [5.41, 5.74) is 5.49. The minimum absolute atomic E-state index is 0.0757. The quantitative estimate of drug-likeness (QED) is 0.746. The highest BCUT2D eigenvalue weighted by Gasteiger charge is 2.04. The van der Waals surface area contributed by atoms with Crippen molar-refractivity contribution in [3.8, 4) is 5.88 Å². The average Bonchev–Trinajstić information content (AvgIpc) is 2.15. The van der Waals surface area contributed by atoms with Gasteiger partial charge < -0.3 is 15.2 Å². The summed E-state index contributed by atoms with van der Waals surface area (Å²) >= 11 is 0. The van der Waals surface area contributed by atoms with Crippen LogP contribution in [0.15, 0.2) is 18.3 Å². The number of ether oxygens (including phenoxy) is 2. The first-order valence-corrected chi connectivity index (χ1v) is 3.64. The van der Waals surface area contributed by atoms with Gasteiger partial charge >= 0.3 is 6.09 Å². The molecular weight excluding hydrogens is 172 g/mol. The van der Waals surface area contributed by atoms with Gasteiger partial charge in [-0.25, -0.2) is 9.78 Å². The molecule has 1 heterocycles. The van der Waals surface area contributed by atoms with Crippen molar-refractivity contribution in [2.24, 2.45) is 5.73 Å². The van der Waals surface area contributed by atoms with Crippen LogP contribution in [0.3, 0.4) is 0 Å². The van der Waals surface area contributed by atoms with Gasteiger partial charge in [-0.05, 0) is 12.1 Å². The molecule has 0 fully saturated rings. The zero-order valence-corrected chi connectivity index (χ0v) is 7.19. The van der Waals surface area contributed by atoms with E-state index in [2.05, 4.69) is 9.72 Å². The second-order valence-electron chi connectivity index (χ2n) is 2.28. The monoisotopic (exact) mass is 182 g/mol. The predicted molar refractivity (Wildman–Crippen MR) is 45.2 cm³/mol. The Labute approximate surface area is 75.5 Å². The van der Waals surface area contributed by atoms with Crippen LogP contribution in [0.5, 0.6) is 5.88 Å². The lowest BCUT2D eigenvalue weighted by Crippen LogP contribution is -2.13. The number of primary amides is 1. The molecule has 1 aromatic heterocycles. The molecule has 0 saturated carbocycles. The van der Waals surface area contributed by atoms with Crippen LogP contribution in [0.4, 0.5) is 4.79 Å². The van der Waals surface area contributed by atoms with Gasteiger partial charge in [0.1, 0.15) is 6.61 Å². The summed E-state index contributed by atoms with van der Waals surface area (Å²) in [6, 6.07) is 3.47. The molecule has 0 aliphatic rings. The molecule has 1 rings (SSSR count). The molecule has 70 valence electrons. The van der Waals surface area contributed by atoms with E-state index in [0.717, 1.165) is 0 Å². The SMILES string of the molecule is COc1ncccc1COC(N)=O.